The van der Waals surface area contributed by atoms with Gasteiger partial charge in [0.2, 0.25) is 0 Å². The van der Waals surface area contributed by atoms with E-state index in [-0.39, 0.29) is 5.75 Å². The molecule has 4 nitrogen and oxygen atoms in total. The molecule has 0 saturated carbocycles. The van der Waals surface area contributed by atoms with Crippen molar-refractivity contribution in [2.75, 3.05) is 0 Å². The first-order valence-electron chi connectivity index (χ1n) is 5.39. The van der Waals surface area contributed by atoms with E-state index in [0.717, 1.165) is 23.2 Å². The molecule has 1 heterocycles. The first-order chi connectivity index (χ1) is 8.11. The van der Waals surface area contributed by atoms with Gasteiger partial charge >= 0.3 is 0 Å². The van der Waals surface area contributed by atoms with Gasteiger partial charge in [-0.25, -0.2) is 0 Å². The molecule has 2 aromatic rings. The monoisotopic (exact) mass is 230 g/mol. The fraction of sp³-hybridized carbons (Fsp3) is 0.231. The van der Waals surface area contributed by atoms with Crippen LogP contribution in [-0.4, -0.2) is 21.2 Å². The van der Waals surface area contributed by atoms with Gasteiger partial charge in [0.15, 0.2) is 6.29 Å². The number of aldehydes is 1. The van der Waals surface area contributed by atoms with Crippen LogP contribution in [0, 0.1) is 13.8 Å². The molecule has 0 aliphatic carbocycles. The van der Waals surface area contributed by atoms with Crippen molar-refractivity contribution in [3.05, 3.63) is 46.8 Å². The number of phenols is 1. The first-order valence-corrected chi connectivity index (χ1v) is 5.39. The molecular weight excluding hydrogens is 216 g/mol. The molecule has 17 heavy (non-hydrogen) atoms. The molecule has 0 aliphatic heterocycles. The summed E-state index contributed by atoms with van der Waals surface area (Å²) < 4.78 is 1.80. The van der Waals surface area contributed by atoms with Crippen LogP contribution in [0.5, 0.6) is 5.75 Å². The maximum atomic E-state index is 10.9. The van der Waals surface area contributed by atoms with E-state index in [4.69, 9.17) is 0 Å². The number of hydrogen-bond donors (Lipinski definition) is 1. The van der Waals surface area contributed by atoms with E-state index in [9.17, 15) is 9.90 Å². The molecule has 0 amide bonds. The lowest BCUT2D eigenvalue weighted by Gasteiger charge is -2.04. The number of aryl methyl sites for hydroxylation is 1. The second-order valence-corrected chi connectivity index (χ2v) is 4.03. The Morgan fingerprint density at radius 3 is 2.47 bits per heavy atom. The van der Waals surface area contributed by atoms with Crippen molar-refractivity contribution in [2.24, 2.45) is 0 Å². The molecule has 4 heteroatoms. The Kier molecular flexibility index (Phi) is 2.95. The minimum absolute atomic E-state index is 0.246. The summed E-state index contributed by atoms with van der Waals surface area (Å²) in [6, 6.07) is 6.96. The van der Waals surface area contributed by atoms with E-state index in [2.05, 4.69) is 5.10 Å². The number of carbonyl (C=O) groups excluding carboxylic acids is 1. The molecule has 88 valence electrons. The molecule has 1 aromatic carbocycles. The summed E-state index contributed by atoms with van der Waals surface area (Å²) in [5.41, 5.74) is 3.30. The Hall–Kier alpha value is -2.10. The van der Waals surface area contributed by atoms with Gasteiger partial charge in [-0.05, 0) is 31.5 Å². The van der Waals surface area contributed by atoms with Gasteiger partial charge < -0.3 is 5.11 Å². The van der Waals surface area contributed by atoms with Gasteiger partial charge in [-0.1, -0.05) is 12.1 Å². The highest BCUT2D eigenvalue weighted by Gasteiger charge is 2.10. The van der Waals surface area contributed by atoms with Crippen molar-refractivity contribution in [3.63, 3.8) is 0 Å². The highest BCUT2D eigenvalue weighted by molar-refractivity contribution is 5.78. The second kappa shape index (κ2) is 4.41. The molecule has 0 bridgehead atoms. The van der Waals surface area contributed by atoms with Gasteiger partial charge in [0.05, 0.1) is 17.8 Å². The number of rotatable bonds is 3. The first kappa shape index (κ1) is 11.4. The van der Waals surface area contributed by atoms with Gasteiger partial charge in [0.1, 0.15) is 5.75 Å². The van der Waals surface area contributed by atoms with Gasteiger partial charge in [-0.15, -0.1) is 0 Å². The zero-order valence-corrected chi connectivity index (χ0v) is 9.84. The number of phenolic OH excluding ortho intramolecular Hbond substituents is 1. The highest BCUT2D eigenvalue weighted by atomic mass is 16.3. The van der Waals surface area contributed by atoms with Crippen LogP contribution in [0.4, 0.5) is 0 Å². The van der Waals surface area contributed by atoms with Gasteiger partial charge in [0, 0.05) is 5.69 Å². The Bertz CT molecular complexity index is 541. The predicted molar refractivity (Wildman–Crippen MR) is 64.3 cm³/mol. The minimum Gasteiger partial charge on any atom is -0.508 e. The lowest BCUT2D eigenvalue weighted by atomic mass is 10.2. The van der Waals surface area contributed by atoms with Crippen molar-refractivity contribution in [1.82, 2.24) is 9.78 Å². The maximum Gasteiger partial charge on any atom is 0.153 e. The van der Waals surface area contributed by atoms with Crippen LogP contribution < -0.4 is 0 Å². The average Bonchev–Trinajstić information content (AvgIpc) is 2.57. The normalized spacial score (nSPS) is 10.5. The SMILES string of the molecule is Cc1nn(Cc2ccc(O)cc2)c(C)c1C=O. The second-order valence-electron chi connectivity index (χ2n) is 4.03. The summed E-state index contributed by atoms with van der Waals surface area (Å²) in [5, 5.41) is 13.5. The molecule has 1 N–H and O–H groups in total. The molecule has 0 atom stereocenters. The zero-order chi connectivity index (χ0) is 12.4. The molecule has 2 rings (SSSR count). The minimum atomic E-state index is 0.246. The van der Waals surface area contributed by atoms with E-state index in [1.807, 2.05) is 26.0 Å². The fourth-order valence-corrected chi connectivity index (χ4v) is 1.81. The molecule has 0 fully saturated rings. The van der Waals surface area contributed by atoms with Crippen molar-refractivity contribution >= 4 is 6.29 Å². The van der Waals surface area contributed by atoms with E-state index >= 15 is 0 Å². The predicted octanol–water partition coefficient (Wildman–Crippen LogP) is 2.07. The fourth-order valence-electron chi connectivity index (χ4n) is 1.81. The third kappa shape index (κ3) is 2.20. The number of carbonyl (C=O) groups is 1. The van der Waals surface area contributed by atoms with Crippen molar-refractivity contribution in [1.29, 1.82) is 0 Å². The van der Waals surface area contributed by atoms with Crippen LogP contribution in [0.3, 0.4) is 0 Å². The lowest BCUT2D eigenvalue weighted by Crippen LogP contribution is -2.04. The molecule has 0 radical (unpaired) electrons. The summed E-state index contributed by atoms with van der Waals surface area (Å²) in [6.07, 6.45) is 0.838. The number of aromatic nitrogens is 2. The average molecular weight is 230 g/mol. The van der Waals surface area contributed by atoms with Gasteiger partial charge in [-0.2, -0.15) is 5.10 Å². The molecule has 0 unspecified atom stereocenters. The lowest BCUT2D eigenvalue weighted by molar-refractivity contribution is 0.112. The Morgan fingerprint density at radius 2 is 1.94 bits per heavy atom. The largest absolute Gasteiger partial charge is 0.508 e. The van der Waals surface area contributed by atoms with Crippen LogP contribution in [0.2, 0.25) is 0 Å². The summed E-state index contributed by atoms with van der Waals surface area (Å²) >= 11 is 0. The Morgan fingerprint density at radius 1 is 1.29 bits per heavy atom. The quantitative estimate of drug-likeness (QED) is 0.821. The van der Waals surface area contributed by atoms with Crippen LogP contribution >= 0.6 is 0 Å². The van der Waals surface area contributed by atoms with E-state index in [1.165, 1.54) is 0 Å². The topological polar surface area (TPSA) is 55.1 Å². The number of nitrogens with zero attached hydrogens (tertiary/aromatic N) is 2. The summed E-state index contributed by atoms with van der Waals surface area (Å²) in [4.78, 5) is 10.9. The van der Waals surface area contributed by atoms with E-state index < -0.39 is 0 Å². The molecular formula is C13H14N2O2. The van der Waals surface area contributed by atoms with Crippen LogP contribution in [0.15, 0.2) is 24.3 Å². The summed E-state index contributed by atoms with van der Waals surface area (Å²) in [7, 11) is 0. The standard InChI is InChI=1S/C13H14N2O2/c1-9-13(8-16)10(2)15(14-9)7-11-3-5-12(17)6-4-11/h3-6,8,17H,7H2,1-2H3. The Labute approximate surface area is 99.5 Å². The summed E-state index contributed by atoms with van der Waals surface area (Å²) in [6.45, 7) is 4.30. The van der Waals surface area contributed by atoms with E-state index in [1.54, 1.807) is 16.8 Å². The van der Waals surface area contributed by atoms with Crippen molar-refractivity contribution < 1.29 is 9.90 Å². The molecule has 0 saturated heterocycles. The number of hydrogen-bond acceptors (Lipinski definition) is 3. The van der Waals surface area contributed by atoms with Crippen molar-refractivity contribution in [3.8, 4) is 5.75 Å². The maximum absolute atomic E-state index is 10.9. The zero-order valence-electron chi connectivity index (χ0n) is 9.84. The third-order valence-electron chi connectivity index (χ3n) is 2.82. The third-order valence-corrected chi connectivity index (χ3v) is 2.82. The summed E-state index contributed by atoms with van der Waals surface area (Å²) in [5.74, 6) is 0.246. The van der Waals surface area contributed by atoms with Crippen molar-refractivity contribution in [2.45, 2.75) is 20.4 Å². The molecule has 0 spiro atoms. The molecule has 1 aromatic heterocycles. The van der Waals surface area contributed by atoms with E-state index in [0.29, 0.717) is 12.1 Å². The van der Waals surface area contributed by atoms with Gasteiger partial charge in [0.25, 0.3) is 0 Å². The van der Waals surface area contributed by atoms with Gasteiger partial charge in [-0.3, -0.25) is 9.48 Å². The van der Waals surface area contributed by atoms with Crippen LogP contribution in [0.25, 0.3) is 0 Å². The van der Waals surface area contributed by atoms with Crippen LogP contribution in [-0.2, 0) is 6.54 Å². The number of aromatic hydroxyl groups is 1. The Balaban J connectivity index is 2.30. The van der Waals surface area contributed by atoms with Crippen LogP contribution in [0.1, 0.15) is 27.3 Å². The molecule has 0 aliphatic rings. The number of benzene rings is 1. The highest BCUT2D eigenvalue weighted by Crippen LogP contribution is 2.14. The smallest absolute Gasteiger partial charge is 0.153 e.